The maximum Gasteiger partial charge on any atom is 0.212 e. The lowest BCUT2D eigenvalue weighted by molar-refractivity contribution is 0.584. The zero-order valence-corrected chi connectivity index (χ0v) is 6.75. The molecular weight excluding hydrogens is 177 g/mol. The molecule has 60 valence electrons. The van der Waals surface area contributed by atoms with Gasteiger partial charge in [0, 0.05) is 11.8 Å². The van der Waals surface area contributed by atoms with E-state index in [1.807, 2.05) is 0 Å². The molecule has 2 rings (SSSR count). The van der Waals surface area contributed by atoms with Crippen molar-refractivity contribution in [2.75, 3.05) is 0 Å². The number of hydrogen-bond donors (Lipinski definition) is 0. The summed E-state index contributed by atoms with van der Waals surface area (Å²) in [4.78, 5) is 3.51. The summed E-state index contributed by atoms with van der Waals surface area (Å²) in [5.74, 6) is -0.483. The number of hydrogen-bond acceptors (Lipinski definition) is 4. The Labute approximate surface area is 71.9 Å². The first-order valence-electron chi connectivity index (χ1n) is 3.24. The molecule has 5 heteroatoms. The second kappa shape index (κ2) is 2.94. The largest absolute Gasteiger partial charge is 0.228 e. The summed E-state index contributed by atoms with van der Waals surface area (Å²) < 4.78 is 12.4. The summed E-state index contributed by atoms with van der Waals surface area (Å²) in [7, 11) is 0. The molecule has 0 N–H and O–H groups in total. The maximum atomic E-state index is 12.4. The van der Waals surface area contributed by atoms with Crippen molar-refractivity contribution < 1.29 is 4.39 Å². The second-order valence-corrected chi connectivity index (χ2v) is 2.95. The molecule has 0 amide bonds. The highest BCUT2D eigenvalue weighted by atomic mass is 32.1. The molecule has 0 radical (unpaired) electrons. The van der Waals surface area contributed by atoms with Crippen LogP contribution in [0.1, 0.15) is 0 Å². The minimum atomic E-state index is -0.483. The molecule has 0 fully saturated rings. The van der Waals surface area contributed by atoms with E-state index in [1.165, 1.54) is 23.6 Å². The Kier molecular flexibility index (Phi) is 1.79. The molecule has 0 aliphatic carbocycles. The number of halogens is 1. The molecular formula is C7H4FN3S. The Bertz CT molecular complexity index is 357. The van der Waals surface area contributed by atoms with Crippen LogP contribution in [0.4, 0.5) is 4.39 Å². The molecule has 0 saturated heterocycles. The lowest BCUT2D eigenvalue weighted by Crippen LogP contribution is -1.82. The van der Waals surface area contributed by atoms with E-state index in [0.29, 0.717) is 0 Å². The average molecular weight is 181 g/mol. The highest BCUT2D eigenvalue weighted by molar-refractivity contribution is 7.12. The normalized spacial score (nSPS) is 10.1. The van der Waals surface area contributed by atoms with Crippen molar-refractivity contribution >= 4 is 11.3 Å². The lowest BCUT2D eigenvalue weighted by Gasteiger charge is -1.91. The maximum absolute atomic E-state index is 12.4. The summed E-state index contributed by atoms with van der Waals surface area (Å²) in [6.45, 7) is 0. The van der Waals surface area contributed by atoms with Crippen molar-refractivity contribution in [2.24, 2.45) is 0 Å². The van der Waals surface area contributed by atoms with Crippen molar-refractivity contribution in [3.8, 4) is 10.6 Å². The van der Waals surface area contributed by atoms with E-state index in [1.54, 1.807) is 11.6 Å². The first-order chi connectivity index (χ1) is 5.86. The third-order valence-electron chi connectivity index (χ3n) is 1.33. The third kappa shape index (κ3) is 1.31. The molecule has 0 spiro atoms. The summed E-state index contributed by atoms with van der Waals surface area (Å²) >= 11 is 1.40. The SMILES string of the molecule is Fc1ccc(-c2nncs2)cn1. The van der Waals surface area contributed by atoms with E-state index in [2.05, 4.69) is 15.2 Å². The molecule has 0 aliphatic heterocycles. The quantitative estimate of drug-likeness (QED) is 0.629. The summed E-state index contributed by atoms with van der Waals surface area (Å²) in [5, 5.41) is 8.24. The van der Waals surface area contributed by atoms with Crippen LogP contribution in [0, 0.1) is 5.95 Å². The smallest absolute Gasteiger partial charge is 0.212 e. The highest BCUT2D eigenvalue weighted by Gasteiger charge is 2.00. The Morgan fingerprint density at radius 3 is 2.83 bits per heavy atom. The van der Waals surface area contributed by atoms with Crippen molar-refractivity contribution in [3.05, 3.63) is 29.8 Å². The average Bonchev–Trinajstić information content (AvgIpc) is 2.58. The van der Waals surface area contributed by atoms with Gasteiger partial charge >= 0.3 is 0 Å². The van der Waals surface area contributed by atoms with E-state index in [4.69, 9.17) is 0 Å². The predicted octanol–water partition coefficient (Wildman–Crippen LogP) is 1.74. The molecule has 0 aliphatic rings. The first kappa shape index (κ1) is 7.30. The van der Waals surface area contributed by atoms with Crippen LogP contribution in [0.25, 0.3) is 10.6 Å². The Morgan fingerprint density at radius 1 is 1.33 bits per heavy atom. The van der Waals surface area contributed by atoms with Crippen LogP contribution in [0.5, 0.6) is 0 Å². The van der Waals surface area contributed by atoms with E-state index >= 15 is 0 Å². The van der Waals surface area contributed by atoms with E-state index < -0.39 is 5.95 Å². The van der Waals surface area contributed by atoms with E-state index in [-0.39, 0.29) is 0 Å². The highest BCUT2D eigenvalue weighted by Crippen LogP contribution is 2.18. The number of aromatic nitrogens is 3. The number of pyridine rings is 1. The zero-order valence-electron chi connectivity index (χ0n) is 5.94. The molecule has 0 bridgehead atoms. The standard InChI is InChI=1S/C7H4FN3S/c8-6-2-1-5(3-9-6)7-11-10-4-12-7/h1-4H. The Hall–Kier alpha value is -1.36. The first-order valence-corrected chi connectivity index (χ1v) is 4.12. The van der Waals surface area contributed by atoms with Crippen LogP contribution >= 0.6 is 11.3 Å². The fraction of sp³-hybridized carbons (Fsp3) is 0. The monoisotopic (exact) mass is 181 g/mol. The van der Waals surface area contributed by atoms with Crippen LogP contribution in [0.15, 0.2) is 23.8 Å². The summed E-state index contributed by atoms with van der Waals surface area (Å²) in [6, 6.07) is 2.93. The fourth-order valence-electron chi connectivity index (χ4n) is 0.801. The molecule has 3 nitrogen and oxygen atoms in total. The van der Waals surface area contributed by atoms with Crippen LogP contribution in [0.3, 0.4) is 0 Å². The minimum absolute atomic E-state index is 0.483. The van der Waals surface area contributed by atoms with Crippen molar-refractivity contribution in [1.29, 1.82) is 0 Å². The van der Waals surface area contributed by atoms with Gasteiger partial charge in [0.2, 0.25) is 5.95 Å². The van der Waals surface area contributed by atoms with Crippen LogP contribution in [-0.2, 0) is 0 Å². The number of nitrogens with zero attached hydrogens (tertiary/aromatic N) is 3. The van der Waals surface area contributed by atoms with Gasteiger partial charge in [-0.25, -0.2) is 4.98 Å². The minimum Gasteiger partial charge on any atom is -0.228 e. The van der Waals surface area contributed by atoms with Crippen molar-refractivity contribution in [1.82, 2.24) is 15.2 Å². The van der Waals surface area contributed by atoms with Gasteiger partial charge in [-0.2, -0.15) is 4.39 Å². The van der Waals surface area contributed by atoms with Gasteiger partial charge in [-0.3, -0.25) is 0 Å². The molecule has 0 saturated carbocycles. The molecule has 0 unspecified atom stereocenters. The number of rotatable bonds is 1. The van der Waals surface area contributed by atoms with Gasteiger partial charge < -0.3 is 0 Å². The lowest BCUT2D eigenvalue weighted by atomic mass is 10.3. The Morgan fingerprint density at radius 2 is 2.25 bits per heavy atom. The van der Waals surface area contributed by atoms with Crippen molar-refractivity contribution in [3.63, 3.8) is 0 Å². The molecule has 12 heavy (non-hydrogen) atoms. The van der Waals surface area contributed by atoms with Gasteiger partial charge in [0.1, 0.15) is 10.5 Å². The molecule has 2 heterocycles. The summed E-state index contributed by atoms with van der Waals surface area (Å²) in [5.41, 5.74) is 2.41. The Balaban J connectivity index is 2.43. The zero-order chi connectivity index (χ0) is 8.39. The molecule has 0 atom stereocenters. The van der Waals surface area contributed by atoms with Crippen LogP contribution < -0.4 is 0 Å². The molecule has 2 aromatic heterocycles. The van der Waals surface area contributed by atoms with Crippen LogP contribution in [0.2, 0.25) is 0 Å². The summed E-state index contributed by atoms with van der Waals surface area (Å²) in [6.07, 6.45) is 1.44. The van der Waals surface area contributed by atoms with Gasteiger partial charge in [-0.05, 0) is 12.1 Å². The van der Waals surface area contributed by atoms with Gasteiger partial charge in [0.15, 0.2) is 0 Å². The van der Waals surface area contributed by atoms with Gasteiger partial charge in [0.25, 0.3) is 0 Å². The van der Waals surface area contributed by atoms with E-state index in [9.17, 15) is 4.39 Å². The van der Waals surface area contributed by atoms with Crippen LogP contribution in [-0.4, -0.2) is 15.2 Å². The second-order valence-electron chi connectivity index (χ2n) is 2.11. The predicted molar refractivity (Wildman–Crippen MR) is 43.1 cm³/mol. The van der Waals surface area contributed by atoms with Gasteiger partial charge in [0.05, 0.1) is 0 Å². The van der Waals surface area contributed by atoms with Gasteiger partial charge in [-0.15, -0.1) is 10.2 Å². The topological polar surface area (TPSA) is 38.7 Å². The molecule has 0 aromatic carbocycles. The third-order valence-corrected chi connectivity index (χ3v) is 2.07. The van der Waals surface area contributed by atoms with Gasteiger partial charge in [-0.1, -0.05) is 11.3 Å². The van der Waals surface area contributed by atoms with E-state index in [0.717, 1.165) is 10.6 Å². The fourth-order valence-corrected chi connectivity index (χ4v) is 1.35. The molecule has 2 aromatic rings. The van der Waals surface area contributed by atoms with Crippen molar-refractivity contribution in [2.45, 2.75) is 0 Å².